The van der Waals surface area contributed by atoms with Gasteiger partial charge in [-0.2, -0.15) is 0 Å². The molecule has 0 saturated carbocycles. The minimum atomic E-state index is 0.0347. The first-order valence-corrected chi connectivity index (χ1v) is 10.6. The van der Waals surface area contributed by atoms with Gasteiger partial charge in [-0.05, 0) is 31.4 Å². The number of aryl methyl sites for hydroxylation is 1. The van der Waals surface area contributed by atoms with E-state index in [-0.39, 0.29) is 11.8 Å². The molecule has 1 aliphatic heterocycles. The van der Waals surface area contributed by atoms with E-state index in [0.29, 0.717) is 6.54 Å². The van der Waals surface area contributed by atoms with E-state index < -0.39 is 0 Å². The van der Waals surface area contributed by atoms with Crippen LogP contribution in [0.2, 0.25) is 0 Å². The summed E-state index contributed by atoms with van der Waals surface area (Å²) >= 11 is 1.55. The molecule has 1 N–H and O–H groups in total. The van der Waals surface area contributed by atoms with Gasteiger partial charge in [-0.1, -0.05) is 30.3 Å². The summed E-state index contributed by atoms with van der Waals surface area (Å²) in [6.07, 6.45) is 8.85. The molecule has 1 aromatic carbocycles. The Morgan fingerprint density at radius 1 is 1.24 bits per heavy atom. The Morgan fingerprint density at radius 2 is 2.07 bits per heavy atom. The first kappa shape index (κ1) is 19.3. The highest BCUT2D eigenvalue weighted by molar-refractivity contribution is 7.13. The lowest BCUT2D eigenvalue weighted by atomic mass is 9.94. The average molecular weight is 406 g/mol. The number of thiazole rings is 1. The van der Waals surface area contributed by atoms with Crippen LogP contribution in [0.15, 0.2) is 54.2 Å². The largest absolute Gasteiger partial charge is 0.338 e. The molecule has 1 fully saturated rings. The second kappa shape index (κ2) is 8.96. The van der Waals surface area contributed by atoms with Crippen molar-refractivity contribution in [3.8, 4) is 0 Å². The number of aromatic nitrogens is 3. The number of nitrogens with zero attached hydrogens (tertiary/aromatic N) is 4. The number of rotatable bonds is 5. The highest BCUT2D eigenvalue weighted by atomic mass is 32.1. The quantitative estimate of drug-likeness (QED) is 0.637. The number of carbonyl (C=O) groups excluding carboxylic acids is 1. The number of benzene rings is 1. The maximum absolute atomic E-state index is 12.7. The second-order valence-electron chi connectivity index (χ2n) is 7.08. The van der Waals surface area contributed by atoms with Gasteiger partial charge in [-0.3, -0.25) is 9.78 Å². The third-order valence-electron chi connectivity index (χ3n) is 4.91. The van der Waals surface area contributed by atoms with Gasteiger partial charge in [-0.25, -0.2) is 9.97 Å². The van der Waals surface area contributed by atoms with Crippen molar-refractivity contribution in [2.45, 2.75) is 25.7 Å². The van der Waals surface area contributed by atoms with Crippen LogP contribution in [-0.4, -0.2) is 38.8 Å². The number of hydrogen-bond acceptors (Lipinski definition) is 6. The predicted octanol–water partition coefficient (Wildman–Crippen LogP) is 4.40. The van der Waals surface area contributed by atoms with Gasteiger partial charge in [0.05, 0.1) is 11.4 Å². The summed E-state index contributed by atoms with van der Waals surface area (Å²) in [5, 5.41) is 6.10. The summed E-state index contributed by atoms with van der Waals surface area (Å²) in [7, 11) is 0. The van der Waals surface area contributed by atoms with Crippen LogP contribution >= 0.6 is 11.3 Å². The van der Waals surface area contributed by atoms with Crippen molar-refractivity contribution < 1.29 is 4.79 Å². The van der Waals surface area contributed by atoms with E-state index in [1.165, 1.54) is 0 Å². The second-order valence-corrected chi connectivity index (χ2v) is 7.93. The lowest BCUT2D eigenvalue weighted by Gasteiger charge is -2.32. The van der Waals surface area contributed by atoms with Crippen LogP contribution < -0.4 is 5.32 Å². The SMILES string of the molecule is Cc1csc(Nc2nccnc2[C@H]2CCCN(C(=O)/C=C/c3ccccc3)C2)n1. The van der Waals surface area contributed by atoms with E-state index in [1.807, 2.05) is 53.6 Å². The van der Waals surface area contributed by atoms with Crippen LogP contribution in [0.3, 0.4) is 0 Å². The Bertz CT molecular complexity index is 1000. The minimum Gasteiger partial charge on any atom is -0.338 e. The summed E-state index contributed by atoms with van der Waals surface area (Å²) in [4.78, 5) is 28.1. The van der Waals surface area contributed by atoms with Crippen molar-refractivity contribution in [1.29, 1.82) is 0 Å². The first-order valence-electron chi connectivity index (χ1n) is 9.71. The lowest BCUT2D eigenvalue weighted by molar-refractivity contribution is -0.127. The molecule has 0 radical (unpaired) electrons. The van der Waals surface area contributed by atoms with E-state index in [2.05, 4.69) is 20.3 Å². The molecule has 0 bridgehead atoms. The molecule has 1 saturated heterocycles. The fourth-order valence-corrected chi connectivity index (χ4v) is 4.18. The molecule has 0 spiro atoms. The van der Waals surface area contributed by atoms with Crippen LogP contribution in [-0.2, 0) is 4.79 Å². The number of hydrogen-bond donors (Lipinski definition) is 1. The molecule has 3 heterocycles. The molecular formula is C22H23N5OS. The summed E-state index contributed by atoms with van der Waals surface area (Å²) < 4.78 is 0. The molecule has 2 aromatic heterocycles. The van der Waals surface area contributed by atoms with Crippen molar-refractivity contribution >= 4 is 34.3 Å². The van der Waals surface area contributed by atoms with Gasteiger partial charge in [0, 0.05) is 42.9 Å². The van der Waals surface area contributed by atoms with Gasteiger partial charge >= 0.3 is 0 Å². The van der Waals surface area contributed by atoms with Crippen molar-refractivity contribution in [1.82, 2.24) is 19.9 Å². The van der Waals surface area contributed by atoms with E-state index >= 15 is 0 Å². The number of likely N-dealkylation sites (tertiary alicyclic amines) is 1. The highest BCUT2D eigenvalue weighted by Gasteiger charge is 2.27. The maximum atomic E-state index is 12.7. The summed E-state index contributed by atoms with van der Waals surface area (Å²) in [5.41, 5.74) is 2.89. The Hall–Kier alpha value is -3.06. The molecule has 29 heavy (non-hydrogen) atoms. The van der Waals surface area contributed by atoms with Gasteiger partial charge in [0.1, 0.15) is 0 Å². The fourth-order valence-electron chi connectivity index (χ4n) is 3.49. The normalized spacial score (nSPS) is 16.9. The molecule has 1 aliphatic rings. The van der Waals surface area contributed by atoms with Gasteiger partial charge < -0.3 is 10.2 Å². The van der Waals surface area contributed by atoms with Crippen LogP contribution in [0.4, 0.5) is 10.9 Å². The third-order valence-corrected chi connectivity index (χ3v) is 5.78. The van der Waals surface area contributed by atoms with E-state index in [0.717, 1.165) is 47.3 Å². The zero-order valence-corrected chi connectivity index (χ0v) is 17.1. The summed E-state index contributed by atoms with van der Waals surface area (Å²) in [6.45, 7) is 3.37. The molecule has 1 amide bonds. The minimum absolute atomic E-state index is 0.0347. The van der Waals surface area contributed by atoms with E-state index in [4.69, 9.17) is 0 Å². The van der Waals surface area contributed by atoms with Crippen LogP contribution in [0, 0.1) is 6.92 Å². The number of nitrogens with one attached hydrogen (secondary N) is 1. The van der Waals surface area contributed by atoms with Gasteiger partial charge in [0.25, 0.3) is 0 Å². The van der Waals surface area contributed by atoms with Gasteiger partial charge in [0.15, 0.2) is 10.9 Å². The van der Waals surface area contributed by atoms with E-state index in [9.17, 15) is 4.79 Å². The van der Waals surface area contributed by atoms with Crippen molar-refractivity contribution in [2.24, 2.45) is 0 Å². The van der Waals surface area contributed by atoms with E-state index in [1.54, 1.807) is 29.8 Å². The third kappa shape index (κ3) is 4.86. The van der Waals surface area contributed by atoms with Gasteiger partial charge in [-0.15, -0.1) is 11.3 Å². The Balaban J connectivity index is 1.47. The van der Waals surface area contributed by atoms with Crippen molar-refractivity contribution in [3.05, 3.63) is 71.1 Å². The number of carbonyl (C=O) groups is 1. The van der Waals surface area contributed by atoms with Crippen LogP contribution in [0.5, 0.6) is 0 Å². The topological polar surface area (TPSA) is 71.0 Å². The maximum Gasteiger partial charge on any atom is 0.246 e. The zero-order valence-electron chi connectivity index (χ0n) is 16.3. The van der Waals surface area contributed by atoms with Crippen molar-refractivity contribution in [3.63, 3.8) is 0 Å². The monoisotopic (exact) mass is 405 g/mol. The molecular weight excluding hydrogens is 382 g/mol. The van der Waals surface area contributed by atoms with Crippen LogP contribution in [0.1, 0.15) is 35.7 Å². The Morgan fingerprint density at radius 3 is 2.86 bits per heavy atom. The number of amides is 1. The standard InChI is InChI=1S/C22H23N5OS/c1-16-15-29-22(25-16)26-21-20(23-11-12-24-21)18-8-5-13-27(14-18)19(28)10-9-17-6-3-2-4-7-17/h2-4,6-7,9-12,15,18H,5,8,13-14H2,1H3,(H,24,25,26)/b10-9+/t18-/m0/s1. The molecule has 0 aliphatic carbocycles. The first-order chi connectivity index (χ1) is 14.2. The molecule has 4 rings (SSSR count). The summed E-state index contributed by atoms with van der Waals surface area (Å²) in [6, 6.07) is 9.87. The lowest BCUT2D eigenvalue weighted by Crippen LogP contribution is -2.38. The molecule has 3 aromatic rings. The van der Waals surface area contributed by atoms with Crippen molar-refractivity contribution in [2.75, 3.05) is 18.4 Å². The molecule has 1 atom stereocenters. The summed E-state index contributed by atoms with van der Waals surface area (Å²) in [5.74, 6) is 0.906. The molecule has 0 unspecified atom stereocenters. The predicted molar refractivity (Wildman–Crippen MR) is 116 cm³/mol. The highest BCUT2D eigenvalue weighted by Crippen LogP contribution is 2.31. The average Bonchev–Trinajstić information content (AvgIpc) is 3.18. The van der Waals surface area contributed by atoms with Gasteiger partial charge in [0.2, 0.25) is 5.91 Å². The molecule has 148 valence electrons. The smallest absolute Gasteiger partial charge is 0.246 e. The Kier molecular flexibility index (Phi) is 5.95. The van der Waals surface area contributed by atoms with Crippen LogP contribution in [0.25, 0.3) is 6.08 Å². The molecule has 6 nitrogen and oxygen atoms in total. The Labute approximate surface area is 174 Å². The fraction of sp³-hybridized carbons (Fsp3) is 0.273. The zero-order chi connectivity index (χ0) is 20.1. The number of piperidine rings is 1. The number of anilines is 2. The molecule has 7 heteroatoms.